The number of hydrogen-bond donors (Lipinski definition) is 1. The average Bonchev–Trinajstić information content (AvgIpc) is 2.47. The molecule has 0 saturated carbocycles. The van der Waals surface area contributed by atoms with Crippen molar-refractivity contribution >= 4 is 5.82 Å². The molecule has 0 aliphatic carbocycles. The molecule has 2 rings (SSSR count). The lowest BCUT2D eigenvalue weighted by molar-refractivity contribution is -0.138. The number of halogens is 3. The molecule has 3 nitrogen and oxygen atoms in total. The zero-order valence-electron chi connectivity index (χ0n) is 11.1. The second-order valence-corrected chi connectivity index (χ2v) is 4.46. The Hall–Kier alpha value is -2.55. The van der Waals surface area contributed by atoms with E-state index in [1.54, 1.807) is 25.1 Å². The molecule has 1 aromatic heterocycles. The fourth-order valence-electron chi connectivity index (χ4n) is 2.03. The first-order valence-corrected chi connectivity index (χ1v) is 6.21. The summed E-state index contributed by atoms with van der Waals surface area (Å²) in [6, 6.07) is 9.81. The van der Waals surface area contributed by atoms with Gasteiger partial charge < -0.3 is 5.32 Å². The Morgan fingerprint density at radius 3 is 2.57 bits per heavy atom. The van der Waals surface area contributed by atoms with Crippen LogP contribution in [-0.2, 0) is 6.18 Å². The van der Waals surface area contributed by atoms with Gasteiger partial charge in [0.1, 0.15) is 11.9 Å². The molecule has 0 aliphatic heterocycles. The molecule has 1 aromatic carbocycles. The fraction of sp³-hybridized carbons (Fsp3) is 0.200. The lowest BCUT2D eigenvalue weighted by Crippen LogP contribution is -2.16. The quantitative estimate of drug-likeness (QED) is 0.924. The van der Waals surface area contributed by atoms with Crippen molar-refractivity contribution in [2.24, 2.45) is 0 Å². The lowest BCUT2D eigenvalue weighted by Gasteiger charge is -2.20. The molecule has 0 fully saturated rings. The predicted molar refractivity (Wildman–Crippen MR) is 72.4 cm³/mol. The Labute approximate surface area is 120 Å². The van der Waals surface area contributed by atoms with Gasteiger partial charge in [-0.25, -0.2) is 4.98 Å². The van der Waals surface area contributed by atoms with Crippen molar-refractivity contribution < 1.29 is 13.2 Å². The molecule has 2 aromatic rings. The Morgan fingerprint density at radius 1 is 1.19 bits per heavy atom. The summed E-state index contributed by atoms with van der Waals surface area (Å²) in [5.41, 5.74) is -0.298. The van der Waals surface area contributed by atoms with Crippen LogP contribution in [0.2, 0.25) is 0 Å². The number of rotatable bonds is 3. The van der Waals surface area contributed by atoms with E-state index in [0.717, 1.165) is 6.07 Å². The first-order chi connectivity index (χ1) is 9.93. The lowest BCUT2D eigenvalue weighted by atomic mass is 10.0. The second-order valence-electron chi connectivity index (χ2n) is 4.46. The van der Waals surface area contributed by atoms with Crippen LogP contribution in [0.5, 0.6) is 0 Å². The van der Waals surface area contributed by atoms with Crippen LogP contribution in [0, 0.1) is 11.3 Å². The maximum atomic E-state index is 13.0. The Kier molecular flexibility index (Phi) is 4.13. The number of nitrogens with one attached hydrogen (secondary N) is 1. The van der Waals surface area contributed by atoms with Crippen molar-refractivity contribution in [1.29, 1.82) is 5.26 Å². The predicted octanol–water partition coefficient (Wildman–Crippen LogP) is 4.15. The standard InChI is InChI=1S/C15H12F3N3/c1-10(21-14-11(9-19)5-4-8-20-14)12-6-2-3-7-13(12)15(16,17)18/h2-8,10H,1H3,(H,20,21)/t10-/m0/s1. The fourth-order valence-corrected chi connectivity index (χ4v) is 2.03. The highest BCUT2D eigenvalue weighted by molar-refractivity contribution is 5.53. The summed E-state index contributed by atoms with van der Waals surface area (Å²) < 4.78 is 39.0. The largest absolute Gasteiger partial charge is 0.416 e. The summed E-state index contributed by atoms with van der Waals surface area (Å²) in [6.07, 6.45) is -2.94. The van der Waals surface area contributed by atoms with Crippen molar-refractivity contribution in [2.75, 3.05) is 5.32 Å². The molecule has 0 aliphatic rings. The molecule has 108 valence electrons. The van der Waals surface area contributed by atoms with E-state index in [2.05, 4.69) is 10.3 Å². The van der Waals surface area contributed by atoms with Crippen LogP contribution >= 0.6 is 0 Å². The summed E-state index contributed by atoms with van der Waals surface area (Å²) in [7, 11) is 0. The zero-order chi connectivity index (χ0) is 15.5. The molecule has 1 heterocycles. The smallest absolute Gasteiger partial charge is 0.362 e. The Morgan fingerprint density at radius 2 is 1.90 bits per heavy atom. The highest BCUT2D eigenvalue weighted by atomic mass is 19.4. The van der Waals surface area contributed by atoms with E-state index in [1.165, 1.54) is 18.3 Å². The van der Waals surface area contributed by atoms with Crippen molar-refractivity contribution in [2.45, 2.75) is 19.1 Å². The molecular weight excluding hydrogens is 279 g/mol. The van der Waals surface area contributed by atoms with Crippen LogP contribution in [0.4, 0.5) is 19.0 Å². The molecule has 1 N–H and O–H groups in total. The van der Waals surface area contributed by atoms with Gasteiger partial charge in [0.15, 0.2) is 0 Å². The summed E-state index contributed by atoms with van der Waals surface area (Å²) >= 11 is 0. The molecule has 0 spiro atoms. The molecule has 0 saturated heterocycles. The number of nitriles is 1. The molecular formula is C15H12F3N3. The number of nitrogens with zero attached hydrogens (tertiary/aromatic N) is 2. The topological polar surface area (TPSA) is 48.7 Å². The Balaban J connectivity index is 2.34. The van der Waals surface area contributed by atoms with Crippen LogP contribution in [0.25, 0.3) is 0 Å². The maximum absolute atomic E-state index is 13.0. The number of anilines is 1. The van der Waals surface area contributed by atoms with E-state index in [-0.39, 0.29) is 16.9 Å². The molecule has 0 radical (unpaired) electrons. The van der Waals surface area contributed by atoms with Gasteiger partial charge in [-0.15, -0.1) is 0 Å². The number of aromatic nitrogens is 1. The van der Waals surface area contributed by atoms with E-state index in [4.69, 9.17) is 5.26 Å². The third kappa shape index (κ3) is 3.31. The van der Waals surface area contributed by atoms with Crippen LogP contribution in [0.15, 0.2) is 42.6 Å². The number of pyridine rings is 1. The van der Waals surface area contributed by atoms with E-state index < -0.39 is 17.8 Å². The minimum Gasteiger partial charge on any atom is -0.362 e. The molecule has 0 bridgehead atoms. The normalized spacial score (nSPS) is 12.5. The van der Waals surface area contributed by atoms with E-state index in [9.17, 15) is 13.2 Å². The molecule has 6 heteroatoms. The number of benzene rings is 1. The molecule has 21 heavy (non-hydrogen) atoms. The first-order valence-electron chi connectivity index (χ1n) is 6.21. The summed E-state index contributed by atoms with van der Waals surface area (Å²) in [5, 5.41) is 11.8. The summed E-state index contributed by atoms with van der Waals surface area (Å²) in [5.74, 6) is 0.268. The van der Waals surface area contributed by atoms with Crippen LogP contribution < -0.4 is 5.32 Å². The van der Waals surface area contributed by atoms with Gasteiger partial charge in [0.2, 0.25) is 0 Å². The number of hydrogen-bond acceptors (Lipinski definition) is 3. The van der Waals surface area contributed by atoms with Crippen molar-refractivity contribution in [1.82, 2.24) is 4.98 Å². The highest BCUT2D eigenvalue weighted by Crippen LogP contribution is 2.35. The maximum Gasteiger partial charge on any atom is 0.416 e. The van der Waals surface area contributed by atoms with Gasteiger partial charge in [-0.05, 0) is 30.7 Å². The van der Waals surface area contributed by atoms with Gasteiger partial charge in [0, 0.05) is 6.20 Å². The van der Waals surface area contributed by atoms with Crippen molar-refractivity contribution in [3.05, 3.63) is 59.3 Å². The van der Waals surface area contributed by atoms with Gasteiger partial charge >= 0.3 is 6.18 Å². The summed E-state index contributed by atoms with van der Waals surface area (Å²) in [6.45, 7) is 1.60. The zero-order valence-corrected chi connectivity index (χ0v) is 11.1. The third-order valence-electron chi connectivity index (χ3n) is 3.01. The SMILES string of the molecule is C[C@H](Nc1ncccc1C#N)c1ccccc1C(F)(F)F. The van der Waals surface area contributed by atoms with Gasteiger partial charge in [-0.1, -0.05) is 18.2 Å². The van der Waals surface area contributed by atoms with E-state index in [1.807, 2.05) is 6.07 Å². The minimum absolute atomic E-state index is 0.111. The number of alkyl halides is 3. The van der Waals surface area contributed by atoms with E-state index in [0.29, 0.717) is 0 Å². The van der Waals surface area contributed by atoms with Crippen LogP contribution in [0.3, 0.4) is 0 Å². The molecule has 0 amide bonds. The third-order valence-corrected chi connectivity index (χ3v) is 3.01. The summed E-state index contributed by atoms with van der Waals surface area (Å²) in [4.78, 5) is 3.99. The van der Waals surface area contributed by atoms with Gasteiger partial charge in [0.25, 0.3) is 0 Å². The molecule has 1 atom stereocenters. The van der Waals surface area contributed by atoms with Gasteiger partial charge in [-0.2, -0.15) is 18.4 Å². The van der Waals surface area contributed by atoms with Crippen molar-refractivity contribution in [3.8, 4) is 6.07 Å². The minimum atomic E-state index is -4.42. The van der Waals surface area contributed by atoms with E-state index >= 15 is 0 Å². The van der Waals surface area contributed by atoms with Crippen LogP contribution in [-0.4, -0.2) is 4.98 Å². The second kappa shape index (κ2) is 5.83. The highest BCUT2D eigenvalue weighted by Gasteiger charge is 2.34. The van der Waals surface area contributed by atoms with Gasteiger partial charge in [-0.3, -0.25) is 0 Å². The Bertz CT molecular complexity index is 674. The van der Waals surface area contributed by atoms with Crippen LogP contribution in [0.1, 0.15) is 29.7 Å². The monoisotopic (exact) mass is 291 g/mol. The molecule has 0 unspecified atom stereocenters. The average molecular weight is 291 g/mol. The van der Waals surface area contributed by atoms with Gasteiger partial charge in [0.05, 0.1) is 17.2 Å². The first kappa shape index (κ1) is 14.9. The van der Waals surface area contributed by atoms with Crippen molar-refractivity contribution in [3.63, 3.8) is 0 Å².